The molecular weight excluding hydrogens is 324 g/mol. The van der Waals surface area contributed by atoms with Crippen molar-refractivity contribution in [2.45, 2.75) is 11.2 Å². The first-order valence-electron chi connectivity index (χ1n) is 5.50. The van der Waals surface area contributed by atoms with Crippen LogP contribution in [0.4, 0.5) is 17.6 Å². The summed E-state index contributed by atoms with van der Waals surface area (Å²) in [5.41, 5.74) is 0.479. The summed E-state index contributed by atoms with van der Waals surface area (Å²) in [4.78, 5) is -0.506. The van der Waals surface area contributed by atoms with E-state index in [4.69, 9.17) is 0 Å². The van der Waals surface area contributed by atoms with Crippen LogP contribution in [0.3, 0.4) is 0 Å². The number of alkyl halides is 1. The molecule has 0 heterocycles. The number of benzene rings is 2. The minimum absolute atomic E-state index is 0.0898. The predicted octanol–water partition coefficient (Wildman–Crippen LogP) is 4.92. The molecule has 1 unspecified atom stereocenters. The second-order valence-electron chi connectivity index (χ2n) is 4.09. The van der Waals surface area contributed by atoms with Crippen LogP contribution in [0.5, 0.6) is 0 Å². The van der Waals surface area contributed by atoms with Crippen molar-refractivity contribution >= 4 is 15.9 Å². The zero-order valence-electron chi connectivity index (χ0n) is 9.64. The van der Waals surface area contributed by atoms with E-state index in [2.05, 4.69) is 15.9 Å². The molecular formula is C14H9BrF4. The molecule has 0 aliphatic rings. The van der Waals surface area contributed by atoms with E-state index in [9.17, 15) is 17.6 Å². The molecule has 0 bridgehead atoms. The standard InChI is InChI=1S/C14H9BrF4/c15-12(9-4-10(16)7-11(17)5-9)6-8-2-1-3-13(18)14(8)19/h1-5,7,12H,6H2. The molecule has 0 amide bonds. The Bertz CT molecular complexity index is 578. The monoisotopic (exact) mass is 332 g/mol. The Morgan fingerprint density at radius 2 is 1.58 bits per heavy atom. The van der Waals surface area contributed by atoms with E-state index in [1.165, 1.54) is 12.1 Å². The maximum absolute atomic E-state index is 13.5. The Labute approximate surface area is 116 Å². The molecule has 0 N–H and O–H groups in total. The fourth-order valence-corrected chi connectivity index (χ4v) is 2.39. The maximum atomic E-state index is 13.5. The van der Waals surface area contributed by atoms with Gasteiger partial charge in [0.2, 0.25) is 0 Å². The Morgan fingerprint density at radius 1 is 0.947 bits per heavy atom. The number of hydrogen-bond acceptors (Lipinski definition) is 0. The van der Waals surface area contributed by atoms with Gasteiger partial charge in [0.1, 0.15) is 11.6 Å². The molecule has 0 saturated carbocycles. The average Bonchev–Trinajstić information content (AvgIpc) is 2.33. The smallest absolute Gasteiger partial charge is 0.162 e. The van der Waals surface area contributed by atoms with Gasteiger partial charge >= 0.3 is 0 Å². The molecule has 0 radical (unpaired) electrons. The number of hydrogen-bond donors (Lipinski definition) is 0. The average molecular weight is 333 g/mol. The highest BCUT2D eigenvalue weighted by Gasteiger charge is 2.15. The van der Waals surface area contributed by atoms with E-state index in [-0.39, 0.29) is 12.0 Å². The third-order valence-corrected chi connectivity index (χ3v) is 3.53. The lowest BCUT2D eigenvalue weighted by atomic mass is 10.0. The molecule has 0 aromatic heterocycles. The molecule has 19 heavy (non-hydrogen) atoms. The van der Waals surface area contributed by atoms with Crippen LogP contribution in [0.2, 0.25) is 0 Å². The van der Waals surface area contributed by atoms with Gasteiger partial charge in [0.05, 0.1) is 0 Å². The van der Waals surface area contributed by atoms with Crippen LogP contribution in [0.1, 0.15) is 16.0 Å². The highest BCUT2D eigenvalue weighted by molar-refractivity contribution is 9.09. The summed E-state index contributed by atoms with van der Waals surface area (Å²) in [5, 5.41) is 0. The Kier molecular flexibility index (Phi) is 4.24. The summed E-state index contributed by atoms with van der Waals surface area (Å²) < 4.78 is 52.7. The SMILES string of the molecule is Fc1cc(F)cc(C(Br)Cc2cccc(F)c2F)c1. The normalized spacial score (nSPS) is 12.5. The van der Waals surface area contributed by atoms with Crippen LogP contribution in [-0.2, 0) is 6.42 Å². The topological polar surface area (TPSA) is 0 Å². The molecule has 2 rings (SSSR count). The van der Waals surface area contributed by atoms with Gasteiger partial charge in [-0.2, -0.15) is 0 Å². The highest BCUT2D eigenvalue weighted by atomic mass is 79.9. The van der Waals surface area contributed by atoms with Crippen molar-refractivity contribution in [3.05, 3.63) is 70.8 Å². The maximum Gasteiger partial charge on any atom is 0.162 e. The van der Waals surface area contributed by atoms with Crippen molar-refractivity contribution in [2.75, 3.05) is 0 Å². The second-order valence-corrected chi connectivity index (χ2v) is 5.19. The molecule has 0 nitrogen and oxygen atoms in total. The molecule has 0 aliphatic carbocycles. The van der Waals surface area contributed by atoms with Crippen LogP contribution in [0.15, 0.2) is 36.4 Å². The van der Waals surface area contributed by atoms with Gasteiger partial charge in [-0.05, 0) is 35.7 Å². The first-order valence-corrected chi connectivity index (χ1v) is 6.42. The molecule has 2 aromatic carbocycles. The van der Waals surface area contributed by atoms with E-state index < -0.39 is 28.1 Å². The summed E-state index contributed by atoms with van der Waals surface area (Å²) >= 11 is 3.23. The van der Waals surface area contributed by atoms with E-state index in [0.717, 1.165) is 24.3 Å². The van der Waals surface area contributed by atoms with Crippen molar-refractivity contribution in [2.24, 2.45) is 0 Å². The minimum atomic E-state index is -0.942. The lowest BCUT2D eigenvalue weighted by Crippen LogP contribution is -2.01. The van der Waals surface area contributed by atoms with Crippen LogP contribution < -0.4 is 0 Å². The van der Waals surface area contributed by atoms with Crippen LogP contribution in [0.25, 0.3) is 0 Å². The summed E-state index contributed by atoms with van der Waals surface area (Å²) in [6, 6.07) is 6.90. The highest BCUT2D eigenvalue weighted by Crippen LogP contribution is 2.29. The molecule has 0 aliphatic heterocycles. The van der Waals surface area contributed by atoms with E-state index in [1.807, 2.05) is 0 Å². The predicted molar refractivity (Wildman–Crippen MR) is 68.1 cm³/mol. The zero-order chi connectivity index (χ0) is 14.0. The first-order chi connectivity index (χ1) is 8.97. The summed E-state index contributed by atoms with van der Waals surface area (Å²) in [7, 11) is 0. The van der Waals surface area contributed by atoms with Gasteiger partial charge in [-0.25, -0.2) is 17.6 Å². The molecule has 0 spiro atoms. The van der Waals surface area contributed by atoms with Gasteiger partial charge in [0.15, 0.2) is 11.6 Å². The third-order valence-electron chi connectivity index (χ3n) is 2.68. The second kappa shape index (κ2) is 5.74. The molecule has 0 saturated heterocycles. The molecule has 5 heteroatoms. The third kappa shape index (κ3) is 3.35. The number of halogens is 5. The summed E-state index contributed by atoms with van der Waals surface area (Å²) in [6.07, 6.45) is 0.0898. The van der Waals surface area contributed by atoms with E-state index in [0.29, 0.717) is 5.56 Å². The minimum Gasteiger partial charge on any atom is -0.207 e. The van der Waals surface area contributed by atoms with Crippen molar-refractivity contribution < 1.29 is 17.6 Å². The Balaban J connectivity index is 2.25. The Morgan fingerprint density at radius 3 is 2.21 bits per heavy atom. The molecule has 0 fully saturated rings. The van der Waals surface area contributed by atoms with Gasteiger partial charge in [0.25, 0.3) is 0 Å². The lowest BCUT2D eigenvalue weighted by molar-refractivity contribution is 0.498. The number of rotatable bonds is 3. The van der Waals surface area contributed by atoms with Crippen molar-refractivity contribution in [3.63, 3.8) is 0 Å². The van der Waals surface area contributed by atoms with Crippen molar-refractivity contribution in [1.82, 2.24) is 0 Å². The fraction of sp³-hybridized carbons (Fsp3) is 0.143. The lowest BCUT2D eigenvalue weighted by Gasteiger charge is -2.11. The van der Waals surface area contributed by atoms with Crippen LogP contribution >= 0.6 is 15.9 Å². The van der Waals surface area contributed by atoms with Crippen molar-refractivity contribution in [1.29, 1.82) is 0 Å². The van der Waals surface area contributed by atoms with Crippen molar-refractivity contribution in [3.8, 4) is 0 Å². The largest absolute Gasteiger partial charge is 0.207 e. The van der Waals surface area contributed by atoms with E-state index in [1.54, 1.807) is 0 Å². The van der Waals surface area contributed by atoms with Gasteiger partial charge in [-0.15, -0.1) is 0 Å². The van der Waals surface area contributed by atoms with E-state index >= 15 is 0 Å². The summed E-state index contributed by atoms with van der Waals surface area (Å²) in [5.74, 6) is -3.30. The fourth-order valence-electron chi connectivity index (χ4n) is 1.77. The van der Waals surface area contributed by atoms with Gasteiger partial charge in [-0.1, -0.05) is 28.1 Å². The molecule has 2 aromatic rings. The summed E-state index contributed by atoms with van der Waals surface area (Å²) in [6.45, 7) is 0. The van der Waals surface area contributed by atoms with Crippen LogP contribution in [0, 0.1) is 23.3 Å². The quantitative estimate of drug-likeness (QED) is 0.552. The Hall–Kier alpha value is -1.36. The first kappa shape index (κ1) is 14.1. The molecule has 100 valence electrons. The van der Waals surface area contributed by atoms with Crippen LogP contribution in [-0.4, -0.2) is 0 Å². The zero-order valence-corrected chi connectivity index (χ0v) is 11.2. The van der Waals surface area contributed by atoms with Gasteiger partial charge < -0.3 is 0 Å². The van der Waals surface area contributed by atoms with Gasteiger partial charge in [0, 0.05) is 10.9 Å². The molecule has 1 atom stereocenters. The van der Waals surface area contributed by atoms with Gasteiger partial charge in [-0.3, -0.25) is 0 Å².